The van der Waals surface area contributed by atoms with Gasteiger partial charge in [0, 0.05) is 19.0 Å². The van der Waals surface area contributed by atoms with Gasteiger partial charge in [-0.05, 0) is 19.3 Å². The molecule has 7 heteroatoms. The maximum absolute atomic E-state index is 10.7. The van der Waals surface area contributed by atoms with Crippen LogP contribution in [0.25, 0.3) is 0 Å². The number of hydrogen-bond acceptors (Lipinski definition) is 7. The van der Waals surface area contributed by atoms with Crippen molar-refractivity contribution in [1.82, 2.24) is 15.0 Å². The van der Waals surface area contributed by atoms with Crippen LogP contribution in [0.4, 0.5) is 5.95 Å². The van der Waals surface area contributed by atoms with E-state index in [0.717, 1.165) is 38.8 Å². The van der Waals surface area contributed by atoms with Crippen molar-refractivity contribution in [2.24, 2.45) is 5.92 Å². The smallest absolute Gasteiger partial charge is 0.324 e. The summed E-state index contributed by atoms with van der Waals surface area (Å²) in [5.74, 6) is 0.847. The quantitative estimate of drug-likeness (QED) is 0.891. The molecule has 0 amide bonds. The Balaban J connectivity index is 1.81. The zero-order valence-corrected chi connectivity index (χ0v) is 12.6. The van der Waals surface area contributed by atoms with Gasteiger partial charge in [0.15, 0.2) is 0 Å². The highest BCUT2D eigenvalue weighted by molar-refractivity contribution is 5.34. The Hall–Kier alpha value is -1.63. The summed E-state index contributed by atoms with van der Waals surface area (Å²) in [4.78, 5) is 14.7. The molecule has 21 heavy (non-hydrogen) atoms. The summed E-state index contributed by atoms with van der Waals surface area (Å²) in [6.45, 7) is 1.51. The summed E-state index contributed by atoms with van der Waals surface area (Å²) in [6, 6.07) is 0.502. The molecule has 1 N–H and O–H groups in total. The molecule has 7 nitrogen and oxygen atoms in total. The van der Waals surface area contributed by atoms with Crippen LogP contribution in [0.1, 0.15) is 32.1 Å². The van der Waals surface area contributed by atoms with Crippen LogP contribution < -0.4 is 14.4 Å². The summed E-state index contributed by atoms with van der Waals surface area (Å²) in [5.41, 5.74) is -0.504. The minimum absolute atomic E-state index is 0.251. The van der Waals surface area contributed by atoms with Crippen LogP contribution in [0.3, 0.4) is 0 Å². The van der Waals surface area contributed by atoms with Gasteiger partial charge in [-0.2, -0.15) is 9.97 Å². The maximum atomic E-state index is 10.7. The van der Waals surface area contributed by atoms with Gasteiger partial charge in [0.1, 0.15) is 0 Å². The molecule has 0 bridgehead atoms. The molecule has 0 radical (unpaired) electrons. The molecule has 2 atom stereocenters. The number of nitrogens with zero attached hydrogens (tertiary/aromatic N) is 4. The molecule has 1 aliphatic carbocycles. The van der Waals surface area contributed by atoms with Crippen LogP contribution in [0.5, 0.6) is 12.0 Å². The molecule has 2 fully saturated rings. The van der Waals surface area contributed by atoms with Gasteiger partial charge in [-0.1, -0.05) is 12.8 Å². The van der Waals surface area contributed by atoms with Crippen molar-refractivity contribution in [2.45, 2.75) is 37.7 Å². The molecular formula is C14H22N4O3. The normalized spacial score (nSPS) is 28.9. The lowest BCUT2D eigenvalue weighted by Crippen LogP contribution is -2.53. The van der Waals surface area contributed by atoms with E-state index in [1.54, 1.807) is 0 Å². The molecule has 3 rings (SSSR count). The van der Waals surface area contributed by atoms with Crippen LogP contribution in [-0.2, 0) is 0 Å². The lowest BCUT2D eigenvalue weighted by molar-refractivity contribution is -0.0615. The van der Waals surface area contributed by atoms with Gasteiger partial charge in [0.2, 0.25) is 5.95 Å². The molecule has 1 saturated heterocycles. The van der Waals surface area contributed by atoms with Gasteiger partial charge >= 0.3 is 12.0 Å². The van der Waals surface area contributed by atoms with E-state index >= 15 is 0 Å². The number of fused-ring (bicyclic) bond motifs is 1. The summed E-state index contributed by atoms with van der Waals surface area (Å²) in [7, 11) is 3.04. The molecule has 2 aliphatic rings. The Kier molecular flexibility index (Phi) is 3.84. The van der Waals surface area contributed by atoms with Crippen LogP contribution >= 0.6 is 0 Å². The molecule has 1 aromatic rings. The van der Waals surface area contributed by atoms with Crippen molar-refractivity contribution in [2.75, 3.05) is 32.2 Å². The number of aliphatic hydroxyl groups is 1. The van der Waals surface area contributed by atoms with Crippen LogP contribution in [0, 0.1) is 5.92 Å². The Morgan fingerprint density at radius 3 is 2.48 bits per heavy atom. The van der Waals surface area contributed by atoms with Gasteiger partial charge in [0.05, 0.1) is 19.8 Å². The third-order valence-electron chi connectivity index (χ3n) is 4.66. The van der Waals surface area contributed by atoms with Crippen LogP contribution in [-0.4, -0.2) is 53.0 Å². The molecule has 1 aromatic heterocycles. The second-order valence-corrected chi connectivity index (χ2v) is 5.85. The van der Waals surface area contributed by atoms with Gasteiger partial charge in [-0.25, -0.2) is 0 Å². The van der Waals surface area contributed by atoms with Crippen molar-refractivity contribution in [3.8, 4) is 12.0 Å². The molecule has 1 aliphatic heterocycles. The van der Waals surface area contributed by atoms with Crippen molar-refractivity contribution >= 4 is 5.95 Å². The number of anilines is 1. The first-order chi connectivity index (χ1) is 10.1. The SMILES string of the molecule is COc1nc(OC)nc(N2CCC3(O)CCCCC3C2)n1. The minimum atomic E-state index is -0.504. The highest BCUT2D eigenvalue weighted by Crippen LogP contribution is 2.40. The highest BCUT2D eigenvalue weighted by atomic mass is 16.5. The number of aromatic nitrogens is 3. The van der Waals surface area contributed by atoms with Crippen molar-refractivity contribution in [1.29, 1.82) is 0 Å². The van der Waals surface area contributed by atoms with Gasteiger partial charge in [-0.3, -0.25) is 0 Å². The third kappa shape index (κ3) is 2.74. The molecule has 0 aromatic carbocycles. The van der Waals surface area contributed by atoms with E-state index in [-0.39, 0.29) is 17.9 Å². The van der Waals surface area contributed by atoms with E-state index in [0.29, 0.717) is 5.95 Å². The summed E-state index contributed by atoms with van der Waals surface area (Å²) >= 11 is 0. The van der Waals surface area contributed by atoms with Crippen molar-refractivity contribution in [3.63, 3.8) is 0 Å². The largest absolute Gasteiger partial charge is 0.467 e. The lowest BCUT2D eigenvalue weighted by Gasteiger charge is -2.47. The fourth-order valence-electron chi connectivity index (χ4n) is 3.40. The van der Waals surface area contributed by atoms with Crippen molar-refractivity contribution < 1.29 is 14.6 Å². The Bertz CT molecular complexity index is 491. The number of piperidine rings is 1. The average molecular weight is 294 g/mol. The zero-order valence-electron chi connectivity index (χ0n) is 12.6. The fourth-order valence-corrected chi connectivity index (χ4v) is 3.40. The number of methoxy groups -OCH3 is 2. The first kappa shape index (κ1) is 14.3. The van der Waals surface area contributed by atoms with Crippen LogP contribution in [0.2, 0.25) is 0 Å². The zero-order chi connectivity index (χ0) is 14.9. The standard InChI is InChI=1S/C14H22N4O3/c1-20-12-15-11(16-13(17-12)21-2)18-8-7-14(19)6-4-3-5-10(14)9-18/h10,19H,3-9H2,1-2H3. The van der Waals surface area contributed by atoms with Gasteiger partial charge in [-0.15, -0.1) is 4.98 Å². The fraction of sp³-hybridized carbons (Fsp3) is 0.786. The highest BCUT2D eigenvalue weighted by Gasteiger charge is 2.43. The van der Waals surface area contributed by atoms with E-state index in [2.05, 4.69) is 19.9 Å². The van der Waals surface area contributed by atoms with Gasteiger partial charge in [0.25, 0.3) is 0 Å². The molecule has 2 heterocycles. The number of rotatable bonds is 3. The Morgan fingerprint density at radius 2 is 1.81 bits per heavy atom. The average Bonchev–Trinajstić information content (AvgIpc) is 2.53. The minimum Gasteiger partial charge on any atom is -0.467 e. The maximum Gasteiger partial charge on any atom is 0.324 e. The number of hydrogen-bond donors (Lipinski definition) is 1. The molecule has 0 spiro atoms. The Labute approximate surface area is 124 Å². The molecule has 2 unspecified atom stereocenters. The molecular weight excluding hydrogens is 272 g/mol. The summed E-state index contributed by atoms with van der Waals surface area (Å²) in [6.07, 6.45) is 5.04. The van der Waals surface area contributed by atoms with Crippen molar-refractivity contribution in [3.05, 3.63) is 0 Å². The van der Waals surface area contributed by atoms with E-state index in [4.69, 9.17) is 9.47 Å². The predicted molar refractivity (Wildman–Crippen MR) is 76.7 cm³/mol. The topological polar surface area (TPSA) is 80.6 Å². The second-order valence-electron chi connectivity index (χ2n) is 5.85. The number of ether oxygens (including phenoxy) is 2. The first-order valence-corrected chi connectivity index (χ1v) is 7.46. The lowest BCUT2D eigenvalue weighted by atomic mass is 9.71. The Morgan fingerprint density at radius 1 is 1.10 bits per heavy atom. The predicted octanol–water partition coefficient (Wildman–Crippen LogP) is 1.02. The van der Waals surface area contributed by atoms with Gasteiger partial charge < -0.3 is 19.5 Å². The molecule has 116 valence electrons. The van der Waals surface area contributed by atoms with Crippen LogP contribution in [0.15, 0.2) is 0 Å². The van der Waals surface area contributed by atoms with E-state index in [1.807, 2.05) is 0 Å². The van der Waals surface area contributed by atoms with E-state index < -0.39 is 5.60 Å². The second kappa shape index (κ2) is 5.63. The third-order valence-corrected chi connectivity index (χ3v) is 4.66. The molecule has 1 saturated carbocycles. The van der Waals surface area contributed by atoms with E-state index in [9.17, 15) is 5.11 Å². The first-order valence-electron chi connectivity index (χ1n) is 7.46. The summed E-state index contributed by atoms with van der Waals surface area (Å²) in [5, 5.41) is 10.7. The summed E-state index contributed by atoms with van der Waals surface area (Å²) < 4.78 is 10.2. The van der Waals surface area contributed by atoms with E-state index in [1.165, 1.54) is 20.6 Å². The monoisotopic (exact) mass is 294 g/mol.